The molecule has 0 radical (unpaired) electrons. The molecule has 3 nitrogen and oxygen atoms in total. The molecular formula is C15H13ClFNO2. The topological polar surface area (TPSA) is 38.3 Å². The molecule has 0 heterocycles. The van der Waals surface area contributed by atoms with Crippen molar-refractivity contribution in [2.45, 2.75) is 6.54 Å². The van der Waals surface area contributed by atoms with Gasteiger partial charge in [0.15, 0.2) is 0 Å². The normalized spacial score (nSPS) is 10.2. The number of carbonyl (C=O) groups is 1. The lowest BCUT2D eigenvalue weighted by atomic mass is 10.2. The Morgan fingerprint density at radius 2 is 1.95 bits per heavy atom. The summed E-state index contributed by atoms with van der Waals surface area (Å²) in [5.41, 5.74) is 1.03. The van der Waals surface area contributed by atoms with Crippen molar-refractivity contribution in [3.8, 4) is 5.75 Å². The molecule has 0 aliphatic rings. The van der Waals surface area contributed by atoms with Crippen LogP contribution in [0, 0.1) is 5.82 Å². The molecule has 0 spiro atoms. The summed E-state index contributed by atoms with van der Waals surface area (Å²) in [6.07, 6.45) is 0. The second-order valence-corrected chi connectivity index (χ2v) is 4.56. The van der Waals surface area contributed by atoms with E-state index < -0.39 is 11.7 Å². The maximum Gasteiger partial charge on any atom is 0.253 e. The van der Waals surface area contributed by atoms with Gasteiger partial charge in [0.25, 0.3) is 5.91 Å². The van der Waals surface area contributed by atoms with Crippen molar-refractivity contribution in [3.63, 3.8) is 0 Å². The Morgan fingerprint density at radius 3 is 2.60 bits per heavy atom. The number of methoxy groups -OCH3 is 1. The predicted octanol–water partition coefficient (Wildman–Crippen LogP) is 3.42. The van der Waals surface area contributed by atoms with E-state index in [0.717, 1.165) is 17.4 Å². The van der Waals surface area contributed by atoms with Crippen LogP contribution >= 0.6 is 11.6 Å². The Hall–Kier alpha value is -2.07. The van der Waals surface area contributed by atoms with E-state index in [9.17, 15) is 9.18 Å². The Labute approximate surface area is 121 Å². The van der Waals surface area contributed by atoms with Crippen molar-refractivity contribution in [2.75, 3.05) is 7.11 Å². The number of hydrogen-bond acceptors (Lipinski definition) is 2. The second-order valence-electron chi connectivity index (χ2n) is 4.15. The number of ether oxygens (including phenoxy) is 1. The number of nitrogens with one attached hydrogen (secondary N) is 1. The van der Waals surface area contributed by atoms with Crippen molar-refractivity contribution in [3.05, 3.63) is 64.4 Å². The lowest BCUT2D eigenvalue weighted by molar-refractivity contribution is 0.0950. The lowest BCUT2D eigenvalue weighted by Crippen LogP contribution is -2.23. The van der Waals surface area contributed by atoms with Crippen LogP contribution in [0.3, 0.4) is 0 Å². The molecule has 0 saturated heterocycles. The zero-order chi connectivity index (χ0) is 14.5. The fourth-order valence-corrected chi connectivity index (χ4v) is 1.90. The van der Waals surface area contributed by atoms with Gasteiger partial charge in [0.2, 0.25) is 0 Å². The van der Waals surface area contributed by atoms with Crippen LogP contribution in [-0.2, 0) is 6.54 Å². The summed E-state index contributed by atoms with van der Waals surface area (Å²) in [5, 5.41) is 2.91. The SMILES string of the molecule is COc1ccc(CNC(=O)c2cc(F)ccc2Cl)cc1. The van der Waals surface area contributed by atoms with Crippen LogP contribution < -0.4 is 10.1 Å². The maximum atomic E-state index is 13.1. The highest BCUT2D eigenvalue weighted by atomic mass is 35.5. The number of benzene rings is 2. The predicted molar refractivity (Wildman–Crippen MR) is 75.6 cm³/mol. The van der Waals surface area contributed by atoms with Crippen molar-refractivity contribution >= 4 is 17.5 Å². The van der Waals surface area contributed by atoms with Gasteiger partial charge in [-0.1, -0.05) is 23.7 Å². The highest BCUT2D eigenvalue weighted by molar-refractivity contribution is 6.33. The molecule has 2 aromatic carbocycles. The molecule has 0 aliphatic heterocycles. The number of halogens is 2. The molecule has 2 aromatic rings. The van der Waals surface area contributed by atoms with Gasteiger partial charge in [-0.3, -0.25) is 4.79 Å². The number of hydrogen-bond donors (Lipinski definition) is 1. The number of carbonyl (C=O) groups excluding carboxylic acids is 1. The average molecular weight is 294 g/mol. The Balaban J connectivity index is 2.02. The molecule has 0 fully saturated rings. The number of amides is 1. The molecule has 20 heavy (non-hydrogen) atoms. The first-order chi connectivity index (χ1) is 9.60. The summed E-state index contributed by atoms with van der Waals surface area (Å²) in [6.45, 7) is 0.329. The monoisotopic (exact) mass is 293 g/mol. The standard InChI is InChI=1S/C15H13ClFNO2/c1-20-12-5-2-10(3-6-12)9-18-15(19)13-8-11(17)4-7-14(13)16/h2-8H,9H2,1H3,(H,18,19). The smallest absolute Gasteiger partial charge is 0.253 e. The van der Waals surface area contributed by atoms with E-state index in [-0.39, 0.29) is 10.6 Å². The third kappa shape index (κ3) is 3.48. The summed E-state index contributed by atoms with van der Waals surface area (Å²) in [4.78, 5) is 11.9. The third-order valence-electron chi connectivity index (χ3n) is 2.79. The summed E-state index contributed by atoms with van der Waals surface area (Å²) in [5.74, 6) is -0.164. The zero-order valence-electron chi connectivity index (χ0n) is 10.8. The second kappa shape index (κ2) is 6.39. The largest absolute Gasteiger partial charge is 0.497 e. The van der Waals surface area contributed by atoms with Crippen molar-refractivity contribution in [2.24, 2.45) is 0 Å². The minimum absolute atomic E-state index is 0.125. The average Bonchev–Trinajstić information content (AvgIpc) is 2.47. The first-order valence-corrected chi connectivity index (χ1v) is 6.34. The van der Waals surface area contributed by atoms with E-state index in [4.69, 9.17) is 16.3 Å². The number of rotatable bonds is 4. The maximum absolute atomic E-state index is 13.1. The fourth-order valence-electron chi connectivity index (χ4n) is 1.69. The van der Waals surface area contributed by atoms with Crippen LogP contribution in [0.2, 0.25) is 5.02 Å². The van der Waals surface area contributed by atoms with Gasteiger partial charge in [-0.2, -0.15) is 0 Å². The Bertz CT molecular complexity index is 614. The molecule has 0 saturated carbocycles. The van der Waals surface area contributed by atoms with E-state index >= 15 is 0 Å². The molecule has 104 valence electrons. The summed E-state index contributed by atoms with van der Waals surface area (Å²) in [6, 6.07) is 11.0. The zero-order valence-corrected chi connectivity index (χ0v) is 11.6. The van der Waals surface area contributed by atoms with Crippen molar-refractivity contribution in [1.82, 2.24) is 5.32 Å². The van der Waals surface area contributed by atoms with Gasteiger partial charge in [-0.05, 0) is 35.9 Å². The van der Waals surface area contributed by atoms with Crippen LogP contribution in [-0.4, -0.2) is 13.0 Å². The van der Waals surface area contributed by atoms with E-state index in [1.54, 1.807) is 19.2 Å². The van der Waals surface area contributed by atoms with Gasteiger partial charge in [0, 0.05) is 6.54 Å². The fraction of sp³-hybridized carbons (Fsp3) is 0.133. The quantitative estimate of drug-likeness (QED) is 0.938. The lowest BCUT2D eigenvalue weighted by Gasteiger charge is -2.07. The van der Waals surface area contributed by atoms with Gasteiger partial charge in [0.05, 0.1) is 17.7 Å². The van der Waals surface area contributed by atoms with Crippen LogP contribution in [0.5, 0.6) is 5.75 Å². The van der Waals surface area contributed by atoms with E-state index in [0.29, 0.717) is 6.54 Å². The molecule has 0 atom stereocenters. The molecule has 1 N–H and O–H groups in total. The van der Waals surface area contributed by atoms with Crippen molar-refractivity contribution < 1.29 is 13.9 Å². The van der Waals surface area contributed by atoms with Gasteiger partial charge in [-0.15, -0.1) is 0 Å². The summed E-state index contributed by atoms with van der Waals surface area (Å²) < 4.78 is 18.1. The highest BCUT2D eigenvalue weighted by Gasteiger charge is 2.11. The summed E-state index contributed by atoms with van der Waals surface area (Å²) >= 11 is 5.87. The summed E-state index contributed by atoms with van der Waals surface area (Å²) in [7, 11) is 1.59. The Kier molecular flexibility index (Phi) is 4.58. The van der Waals surface area contributed by atoms with Gasteiger partial charge in [0.1, 0.15) is 11.6 Å². The minimum atomic E-state index is -0.496. The van der Waals surface area contributed by atoms with Gasteiger partial charge in [-0.25, -0.2) is 4.39 Å². The first kappa shape index (κ1) is 14.3. The van der Waals surface area contributed by atoms with Crippen molar-refractivity contribution in [1.29, 1.82) is 0 Å². The molecule has 0 aliphatic carbocycles. The molecule has 2 rings (SSSR count). The van der Waals surface area contributed by atoms with Crippen LogP contribution in [0.1, 0.15) is 15.9 Å². The van der Waals surface area contributed by atoms with Crippen LogP contribution in [0.15, 0.2) is 42.5 Å². The van der Waals surface area contributed by atoms with E-state index in [2.05, 4.69) is 5.32 Å². The highest BCUT2D eigenvalue weighted by Crippen LogP contribution is 2.17. The molecule has 5 heteroatoms. The van der Waals surface area contributed by atoms with Crippen LogP contribution in [0.25, 0.3) is 0 Å². The van der Waals surface area contributed by atoms with Gasteiger partial charge >= 0.3 is 0 Å². The van der Waals surface area contributed by atoms with E-state index in [1.807, 2.05) is 12.1 Å². The van der Waals surface area contributed by atoms with Gasteiger partial charge < -0.3 is 10.1 Å². The molecule has 1 amide bonds. The minimum Gasteiger partial charge on any atom is -0.497 e. The molecule has 0 aromatic heterocycles. The van der Waals surface area contributed by atoms with E-state index in [1.165, 1.54) is 12.1 Å². The molecule has 0 bridgehead atoms. The molecule has 0 unspecified atom stereocenters. The Morgan fingerprint density at radius 1 is 1.25 bits per heavy atom. The first-order valence-electron chi connectivity index (χ1n) is 5.96. The van der Waals surface area contributed by atoms with Crippen LogP contribution in [0.4, 0.5) is 4.39 Å². The molecular weight excluding hydrogens is 281 g/mol. The third-order valence-corrected chi connectivity index (χ3v) is 3.11.